The maximum Gasteiger partial charge on any atom is 0.258 e. The van der Waals surface area contributed by atoms with Crippen LogP contribution < -0.4 is 4.74 Å². The molecule has 36 heavy (non-hydrogen) atoms. The predicted molar refractivity (Wildman–Crippen MR) is 131 cm³/mol. The molecule has 0 radical (unpaired) electrons. The first kappa shape index (κ1) is 23.6. The summed E-state index contributed by atoms with van der Waals surface area (Å²) in [4.78, 5) is 22.1. The summed E-state index contributed by atoms with van der Waals surface area (Å²) in [5.41, 5.74) is 4.24. The Hall–Kier alpha value is -2.78. The number of aromatic nitrogens is 3. The molecular weight excluding hydrogens is 488 g/mol. The van der Waals surface area contributed by atoms with Crippen LogP contribution in [0, 0.1) is 19.7 Å². The lowest BCUT2D eigenvalue weighted by molar-refractivity contribution is 0.0445. The standard InChI is InChI=1S/C26H28ClF2N5O2/c1-14-24(27)15(2)34-25(30-14)21-12-32(13-22(21)31-34)26(35)20-6-3-16(29)9-23(20)36-19-10-17-4-5-18(11-19)33(17)8-7-28/h3,6,9,17-19H,4-5,7-8,10-13H2,1-2H3/t17-,18+,19?. The number of hydrogen-bond donors (Lipinski definition) is 0. The number of carbonyl (C=O) groups excluding carboxylic acids is 1. The second-order valence-corrected chi connectivity index (χ2v) is 10.5. The molecule has 2 aromatic heterocycles. The van der Waals surface area contributed by atoms with E-state index < -0.39 is 5.82 Å². The number of hydrogen-bond acceptors (Lipinski definition) is 5. The van der Waals surface area contributed by atoms with Crippen molar-refractivity contribution >= 4 is 23.2 Å². The van der Waals surface area contributed by atoms with E-state index in [2.05, 4.69) is 15.0 Å². The predicted octanol–water partition coefficient (Wildman–Crippen LogP) is 4.64. The summed E-state index contributed by atoms with van der Waals surface area (Å²) in [6, 6.07) is 4.63. The van der Waals surface area contributed by atoms with E-state index >= 15 is 0 Å². The lowest BCUT2D eigenvalue weighted by Gasteiger charge is -2.38. The molecule has 0 aliphatic carbocycles. The van der Waals surface area contributed by atoms with Gasteiger partial charge >= 0.3 is 0 Å². The highest BCUT2D eigenvalue weighted by atomic mass is 35.5. The summed E-state index contributed by atoms with van der Waals surface area (Å²) in [5.74, 6) is -0.422. The van der Waals surface area contributed by atoms with E-state index in [4.69, 9.17) is 16.3 Å². The molecule has 3 aliphatic heterocycles. The van der Waals surface area contributed by atoms with Crippen LogP contribution in [0.3, 0.4) is 0 Å². The maximum absolute atomic E-state index is 14.2. The molecular formula is C26H28ClF2N5O2. The number of piperidine rings is 1. The Bertz CT molecular complexity index is 1350. The van der Waals surface area contributed by atoms with Gasteiger partial charge in [0.1, 0.15) is 24.3 Å². The minimum atomic E-state index is -0.450. The molecule has 6 rings (SSSR count). The first-order valence-electron chi connectivity index (χ1n) is 12.4. The number of benzene rings is 1. The zero-order valence-corrected chi connectivity index (χ0v) is 21.1. The Kier molecular flexibility index (Phi) is 5.87. The third-order valence-corrected chi connectivity index (χ3v) is 8.44. The van der Waals surface area contributed by atoms with Gasteiger partial charge in [-0.05, 0) is 51.7 Å². The van der Waals surface area contributed by atoms with Crippen molar-refractivity contribution in [3.8, 4) is 5.75 Å². The molecule has 190 valence electrons. The van der Waals surface area contributed by atoms with Gasteiger partial charge in [0.2, 0.25) is 0 Å². The van der Waals surface area contributed by atoms with Crippen LogP contribution in [0.4, 0.5) is 8.78 Å². The van der Waals surface area contributed by atoms with Gasteiger partial charge in [-0.3, -0.25) is 9.69 Å². The number of amides is 1. The molecule has 3 aromatic rings. The fraction of sp³-hybridized carbons (Fsp3) is 0.500. The molecule has 1 unspecified atom stereocenters. The van der Waals surface area contributed by atoms with Crippen LogP contribution in [0.5, 0.6) is 5.75 Å². The lowest BCUT2D eigenvalue weighted by Crippen LogP contribution is -2.47. The number of nitrogens with zero attached hydrogens (tertiary/aromatic N) is 5. The smallest absolute Gasteiger partial charge is 0.258 e. The van der Waals surface area contributed by atoms with Crippen molar-refractivity contribution in [3.63, 3.8) is 0 Å². The molecule has 3 aliphatic rings. The van der Waals surface area contributed by atoms with E-state index in [9.17, 15) is 13.6 Å². The number of alkyl halides is 1. The van der Waals surface area contributed by atoms with Crippen LogP contribution in [-0.2, 0) is 13.1 Å². The molecule has 10 heteroatoms. The number of rotatable bonds is 5. The van der Waals surface area contributed by atoms with Crippen LogP contribution in [-0.4, -0.2) is 61.7 Å². The molecule has 1 amide bonds. The average Bonchev–Trinajstić information content (AvgIpc) is 3.48. The highest BCUT2D eigenvalue weighted by Crippen LogP contribution is 2.38. The lowest BCUT2D eigenvalue weighted by atomic mass is 9.99. The second-order valence-electron chi connectivity index (χ2n) is 10.1. The quantitative estimate of drug-likeness (QED) is 0.495. The fourth-order valence-electron chi connectivity index (χ4n) is 6.16. The van der Waals surface area contributed by atoms with E-state index in [0.29, 0.717) is 35.9 Å². The summed E-state index contributed by atoms with van der Waals surface area (Å²) in [6.45, 7) is 4.52. The van der Waals surface area contributed by atoms with E-state index in [1.165, 1.54) is 18.2 Å². The van der Waals surface area contributed by atoms with Crippen molar-refractivity contribution in [1.29, 1.82) is 0 Å². The first-order valence-corrected chi connectivity index (χ1v) is 12.8. The van der Waals surface area contributed by atoms with Crippen molar-refractivity contribution in [3.05, 3.63) is 57.2 Å². The van der Waals surface area contributed by atoms with E-state index in [-0.39, 0.29) is 36.5 Å². The highest BCUT2D eigenvalue weighted by molar-refractivity contribution is 6.31. The topological polar surface area (TPSA) is 63.0 Å². The van der Waals surface area contributed by atoms with Gasteiger partial charge in [0, 0.05) is 30.3 Å². The Labute approximate surface area is 213 Å². The van der Waals surface area contributed by atoms with Crippen LogP contribution >= 0.6 is 11.6 Å². The van der Waals surface area contributed by atoms with Gasteiger partial charge < -0.3 is 9.64 Å². The average molecular weight is 516 g/mol. The van der Waals surface area contributed by atoms with Gasteiger partial charge in [-0.25, -0.2) is 18.3 Å². The van der Waals surface area contributed by atoms with Gasteiger partial charge in [0.25, 0.3) is 5.91 Å². The summed E-state index contributed by atoms with van der Waals surface area (Å²) in [7, 11) is 0. The van der Waals surface area contributed by atoms with Crippen LogP contribution in [0.2, 0.25) is 5.02 Å². The van der Waals surface area contributed by atoms with Gasteiger partial charge in [0.15, 0.2) is 5.65 Å². The van der Waals surface area contributed by atoms with Gasteiger partial charge in [0.05, 0.1) is 40.8 Å². The van der Waals surface area contributed by atoms with E-state index in [1.807, 2.05) is 13.8 Å². The third-order valence-electron chi connectivity index (χ3n) is 7.89. The van der Waals surface area contributed by atoms with Gasteiger partial charge in [-0.15, -0.1) is 0 Å². The number of aryl methyl sites for hydroxylation is 2. The van der Waals surface area contributed by atoms with Gasteiger partial charge in [-0.2, -0.15) is 5.10 Å². The summed E-state index contributed by atoms with van der Waals surface area (Å²) >= 11 is 6.34. The Balaban J connectivity index is 1.23. The van der Waals surface area contributed by atoms with Crippen molar-refractivity contribution in [2.24, 2.45) is 0 Å². The molecule has 0 N–H and O–H groups in total. The second kappa shape index (κ2) is 8.95. The van der Waals surface area contributed by atoms with Crippen LogP contribution in [0.25, 0.3) is 5.65 Å². The molecule has 0 spiro atoms. The monoisotopic (exact) mass is 515 g/mol. The molecule has 2 bridgehead atoms. The number of carbonyl (C=O) groups is 1. The van der Waals surface area contributed by atoms with Gasteiger partial charge in [-0.1, -0.05) is 11.6 Å². The molecule has 2 fully saturated rings. The Morgan fingerprint density at radius 1 is 1.19 bits per heavy atom. The molecule has 7 nitrogen and oxygen atoms in total. The molecule has 2 saturated heterocycles. The minimum absolute atomic E-state index is 0.133. The summed E-state index contributed by atoms with van der Waals surface area (Å²) < 4.78 is 35.2. The largest absolute Gasteiger partial charge is 0.489 e. The molecule has 3 atom stereocenters. The maximum atomic E-state index is 14.2. The fourth-order valence-corrected chi connectivity index (χ4v) is 6.28. The third kappa shape index (κ3) is 3.84. The van der Waals surface area contributed by atoms with Crippen molar-refractivity contribution < 1.29 is 18.3 Å². The molecule has 1 aromatic carbocycles. The highest BCUT2D eigenvalue weighted by Gasteiger charge is 2.41. The first-order chi connectivity index (χ1) is 17.3. The van der Waals surface area contributed by atoms with Crippen molar-refractivity contribution in [1.82, 2.24) is 24.4 Å². The van der Waals surface area contributed by atoms with E-state index in [0.717, 1.165) is 48.3 Å². The number of ether oxygens (including phenoxy) is 1. The van der Waals surface area contributed by atoms with Crippen molar-refractivity contribution in [2.75, 3.05) is 13.2 Å². The van der Waals surface area contributed by atoms with Crippen LogP contribution in [0.1, 0.15) is 58.7 Å². The number of halogens is 3. The van der Waals surface area contributed by atoms with Crippen LogP contribution in [0.15, 0.2) is 18.2 Å². The Morgan fingerprint density at radius 2 is 1.94 bits per heavy atom. The molecule has 5 heterocycles. The summed E-state index contributed by atoms with van der Waals surface area (Å²) in [5, 5.41) is 5.23. The van der Waals surface area contributed by atoms with E-state index in [1.54, 1.807) is 9.42 Å². The number of fused-ring (bicyclic) bond motifs is 5. The van der Waals surface area contributed by atoms with Crippen molar-refractivity contribution in [2.45, 2.75) is 70.8 Å². The zero-order chi connectivity index (χ0) is 25.1. The zero-order valence-electron chi connectivity index (χ0n) is 20.3. The Morgan fingerprint density at radius 3 is 2.67 bits per heavy atom. The SMILES string of the molecule is Cc1nc2c3c(nn2c(C)c1Cl)CN(C(=O)c1ccc(F)cc1OC1C[C@H]2CC[C@@H](C1)N2CCF)C3. The summed E-state index contributed by atoms with van der Waals surface area (Å²) in [6.07, 6.45) is 3.41. The normalized spacial score (nSPS) is 23.5. The minimum Gasteiger partial charge on any atom is -0.489 e. The molecule has 0 saturated carbocycles.